The third kappa shape index (κ3) is 3.84. The van der Waals surface area contributed by atoms with Gasteiger partial charge in [-0.1, -0.05) is 23.9 Å². The summed E-state index contributed by atoms with van der Waals surface area (Å²) in [7, 11) is 1.62. The zero-order valence-electron chi connectivity index (χ0n) is 11.2. The molecule has 0 aliphatic heterocycles. The number of para-hydroxylation sites is 2. The van der Waals surface area contributed by atoms with Crippen LogP contribution in [0, 0.1) is 0 Å². The van der Waals surface area contributed by atoms with Gasteiger partial charge in [0.2, 0.25) is 5.16 Å². The monoisotopic (exact) mass is 295 g/mol. The lowest BCUT2D eigenvalue weighted by atomic mass is 10.3. The van der Waals surface area contributed by atoms with Crippen LogP contribution in [0.15, 0.2) is 29.4 Å². The Morgan fingerprint density at radius 1 is 1.30 bits per heavy atom. The Hall–Kier alpha value is -1.80. The maximum atomic E-state index is 5.68. The van der Waals surface area contributed by atoms with E-state index in [2.05, 4.69) is 15.5 Å². The molecule has 2 aromatic rings. The highest BCUT2D eigenvalue weighted by Crippen LogP contribution is 2.26. The van der Waals surface area contributed by atoms with E-state index in [1.165, 1.54) is 11.8 Å². The van der Waals surface area contributed by atoms with Gasteiger partial charge in [-0.25, -0.2) is 4.68 Å². The summed E-state index contributed by atoms with van der Waals surface area (Å²) in [6.07, 6.45) is 0. The fourth-order valence-corrected chi connectivity index (χ4v) is 2.31. The Bertz CT molecular complexity index is 534. The molecule has 1 aromatic carbocycles. The molecule has 1 heterocycles. The van der Waals surface area contributed by atoms with E-state index >= 15 is 0 Å². The maximum Gasteiger partial charge on any atom is 0.209 e. The van der Waals surface area contributed by atoms with Gasteiger partial charge in [0.05, 0.1) is 20.3 Å². The minimum absolute atomic E-state index is 0.510. The van der Waals surface area contributed by atoms with Gasteiger partial charge in [-0.15, -0.1) is 5.10 Å². The highest BCUT2D eigenvalue weighted by molar-refractivity contribution is 7.99. The third-order valence-electron chi connectivity index (χ3n) is 2.48. The SMILES string of the molecule is COc1ccccc1OCCSc1nnnn1CCN. The highest BCUT2D eigenvalue weighted by atomic mass is 32.2. The lowest BCUT2D eigenvalue weighted by Crippen LogP contribution is -2.12. The van der Waals surface area contributed by atoms with Gasteiger partial charge in [0.25, 0.3) is 0 Å². The summed E-state index contributed by atoms with van der Waals surface area (Å²) in [5, 5.41) is 12.2. The predicted octanol–water partition coefficient (Wildman–Crippen LogP) is 0.811. The molecule has 0 atom stereocenters. The largest absolute Gasteiger partial charge is 0.493 e. The zero-order chi connectivity index (χ0) is 14.2. The minimum Gasteiger partial charge on any atom is -0.493 e. The van der Waals surface area contributed by atoms with E-state index in [4.69, 9.17) is 15.2 Å². The molecule has 2 rings (SSSR count). The van der Waals surface area contributed by atoms with Crippen LogP contribution in [0.1, 0.15) is 0 Å². The number of nitrogens with two attached hydrogens (primary N) is 1. The average Bonchev–Trinajstić information content (AvgIpc) is 2.92. The lowest BCUT2D eigenvalue weighted by molar-refractivity contribution is 0.313. The van der Waals surface area contributed by atoms with Crippen molar-refractivity contribution < 1.29 is 9.47 Å². The molecular weight excluding hydrogens is 278 g/mol. The molecule has 0 amide bonds. The van der Waals surface area contributed by atoms with Crippen molar-refractivity contribution >= 4 is 11.8 Å². The molecule has 0 spiro atoms. The van der Waals surface area contributed by atoms with Crippen molar-refractivity contribution in [1.29, 1.82) is 0 Å². The minimum atomic E-state index is 0.510. The van der Waals surface area contributed by atoms with Gasteiger partial charge in [-0.3, -0.25) is 0 Å². The fraction of sp³-hybridized carbons (Fsp3) is 0.417. The molecule has 0 aliphatic carbocycles. The molecule has 0 aliphatic rings. The molecule has 1 aromatic heterocycles. The summed E-state index contributed by atoms with van der Waals surface area (Å²) >= 11 is 1.53. The van der Waals surface area contributed by atoms with Gasteiger partial charge in [0.1, 0.15) is 0 Å². The fourth-order valence-electron chi connectivity index (χ4n) is 1.59. The first-order valence-corrected chi connectivity index (χ1v) is 7.18. The lowest BCUT2D eigenvalue weighted by Gasteiger charge is -2.09. The van der Waals surface area contributed by atoms with Gasteiger partial charge < -0.3 is 15.2 Å². The van der Waals surface area contributed by atoms with Gasteiger partial charge in [0, 0.05) is 12.3 Å². The van der Waals surface area contributed by atoms with E-state index in [-0.39, 0.29) is 0 Å². The van der Waals surface area contributed by atoms with Gasteiger partial charge in [0.15, 0.2) is 11.5 Å². The average molecular weight is 295 g/mol. The molecule has 0 unspecified atom stereocenters. The second kappa shape index (κ2) is 7.71. The van der Waals surface area contributed by atoms with Crippen molar-refractivity contribution in [2.75, 3.05) is 26.0 Å². The van der Waals surface area contributed by atoms with Crippen LogP contribution in [0.25, 0.3) is 0 Å². The molecule has 20 heavy (non-hydrogen) atoms. The number of hydrogen-bond acceptors (Lipinski definition) is 7. The van der Waals surface area contributed by atoms with Crippen LogP contribution >= 0.6 is 11.8 Å². The Kier molecular flexibility index (Phi) is 5.63. The van der Waals surface area contributed by atoms with Crippen molar-refractivity contribution in [2.24, 2.45) is 5.73 Å². The summed E-state index contributed by atoms with van der Waals surface area (Å²) in [4.78, 5) is 0. The van der Waals surface area contributed by atoms with Crippen LogP contribution in [0.5, 0.6) is 11.5 Å². The van der Waals surface area contributed by atoms with E-state index in [9.17, 15) is 0 Å². The number of methoxy groups -OCH3 is 1. The third-order valence-corrected chi connectivity index (χ3v) is 3.40. The van der Waals surface area contributed by atoms with Gasteiger partial charge in [-0.2, -0.15) is 0 Å². The standard InChI is InChI=1S/C12H17N5O2S/c1-18-10-4-2-3-5-11(10)19-8-9-20-12-14-15-16-17(12)7-6-13/h2-5H,6-9,13H2,1H3. The zero-order valence-corrected chi connectivity index (χ0v) is 12.0. The summed E-state index contributed by atoms with van der Waals surface area (Å²) in [6.45, 7) is 1.67. The Morgan fingerprint density at radius 2 is 2.10 bits per heavy atom. The van der Waals surface area contributed by atoms with Crippen molar-refractivity contribution in [1.82, 2.24) is 20.2 Å². The molecule has 2 N–H and O–H groups in total. The maximum absolute atomic E-state index is 5.68. The normalized spacial score (nSPS) is 10.5. The van der Waals surface area contributed by atoms with E-state index < -0.39 is 0 Å². The number of rotatable bonds is 8. The molecular formula is C12H17N5O2S. The molecule has 0 radical (unpaired) electrons. The van der Waals surface area contributed by atoms with Crippen LogP contribution in [-0.4, -0.2) is 46.2 Å². The highest BCUT2D eigenvalue weighted by Gasteiger charge is 2.06. The van der Waals surface area contributed by atoms with Crippen molar-refractivity contribution in [3.05, 3.63) is 24.3 Å². The molecule has 0 fully saturated rings. The van der Waals surface area contributed by atoms with Crippen molar-refractivity contribution in [3.8, 4) is 11.5 Å². The van der Waals surface area contributed by atoms with Gasteiger partial charge >= 0.3 is 0 Å². The first kappa shape index (κ1) is 14.6. The van der Waals surface area contributed by atoms with Crippen LogP contribution in [0.2, 0.25) is 0 Å². The molecule has 7 nitrogen and oxygen atoms in total. The van der Waals surface area contributed by atoms with Crippen LogP contribution < -0.4 is 15.2 Å². The quantitative estimate of drug-likeness (QED) is 0.569. The number of tetrazole rings is 1. The molecule has 0 saturated heterocycles. The van der Waals surface area contributed by atoms with E-state index in [1.807, 2.05) is 24.3 Å². The Morgan fingerprint density at radius 3 is 2.85 bits per heavy atom. The molecule has 8 heteroatoms. The van der Waals surface area contributed by atoms with E-state index in [0.29, 0.717) is 19.7 Å². The Labute approximate surface area is 121 Å². The number of aromatic nitrogens is 4. The molecule has 0 saturated carbocycles. The summed E-state index contributed by atoms with van der Waals surface area (Å²) in [5.74, 6) is 2.20. The predicted molar refractivity (Wildman–Crippen MR) is 76.1 cm³/mol. The molecule has 108 valence electrons. The second-order valence-electron chi connectivity index (χ2n) is 3.82. The Balaban J connectivity index is 1.80. The van der Waals surface area contributed by atoms with Crippen molar-refractivity contribution in [3.63, 3.8) is 0 Å². The van der Waals surface area contributed by atoms with Crippen LogP contribution in [-0.2, 0) is 6.54 Å². The van der Waals surface area contributed by atoms with Crippen molar-refractivity contribution in [2.45, 2.75) is 11.7 Å². The number of hydrogen-bond donors (Lipinski definition) is 1. The summed E-state index contributed by atoms with van der Waals surface area (Å²) < 4.78 is 12.6. The second-order valence-corrected chi connectivity index (χ2v) is 4.88. The number of benzene rings is 1. The summed E-state index contributed by atoms with van der Waals surface area (Å²) in [6, 6.07) is 7.56. The number of ether oxygens (including phenoxy) is 2. The molecule has 0 bridgehead atoms. The number of nitrogens with zero attached hydrogens (tertiary/aromatic N) is 4. The van der Waals surface area contributed by atoms with E-state index in [0.717, 1.165) is 22.4 Å². The topological polar surface area (TPSA) is 88.1 Å². The summed E-state index contributed by atoms with van der Waals surface area (Å²) in [5.41, 5.74) is 5.49. The first-order valence-electron chi connectivity index (χ1n) is 6.20. The van der Waals surface area contributed by atoms with E-state index in [1.54, 1.807) is 11.8 Å². The number of thioether (sulfide) groups is 1. The van der Waals surface area contributed by atoms with Crippen LogP contribution in [0.4, 0.5) is 0 Å². The van der Waals surface area contributed by atoms with Crippen LogP contribution in [0.3, 0.4) is 0 Å². The van der Waals surface area contributed by atoms with Gasteiger partial charge in [-0.05, 0) is 22.6 Å². The smallest absolute Gasteiger partial charge is 0.209 e. The first-order chi connectivity index (χ1) is 9.85.